The smallest absolute Gasteiger partial charge is 0.166 e. The number of thiophene rings is 1. The van der Waals surface area contributed by atoms with Crippen molar-refractivity contribution < 1.29 is 13.2 Å². The lowest BCUT2D eigenvalue weighted by Gasteiger charge is -2.10. The van der Waals surface area contributed by atoms with Gasteiger partial charge in [-0.2, -0.15) is 13.2 Å². The maximum absolute atomic E-state index is 12.6. The second-order valence-electron chi connectivity index (χ2n) is 3.02. The van der Waals surface area contributed by atoms with Gasteiger partial charge in [0.05, 0.1) is 5.56 Å². The fraction of sp³-hybridized carbons (Fsp3) is 0.0909. The molecule has 1 aromatic carbocycles. The van der Waals surface area contributed by atoms with Crippen LogP contribution in [0.15, 0.2) is 41.8 Å². The van der Waals surface area contributed by atoms with Gasteiger partial charge in [0.1, 0.15) is 0 Å². The lowest BCUT2D eigenvalue weighted by molar-refractivity contribution is -0.137. The van der Waals surface area contributed by atoms with Crippen molar-refractivity contribution in [2.75, 3.05) is 0 Å². The predicted octanol–water partition coefficient (Wildman–Crippen LogP) is 4.43. The van der Waals surface area contributed by atoms with Gasteiger partial charge in [-0.1, -0.05) is 24.3 Å². The second-order valence-corrected chi connectivity index (χ2v) is 3.97. The fourth-order valence-corrected chi connectivity index (χ4v) is 2.14. The van der Waals surface area contributed by atoms with E-state index in [-0.39, 0.29) is 5.56 Å². The number of benzene rings is 1. The average molecular weight is 228 g/mol. The Morgan fingerprint density at radius 2 is 1.67 bits per heavy atom. The third kappa shape index (κ3) is 2.04. The maximum Gasteiger partial charge on any atom is 0.417 e. The summed E-state index contributed by atoms with van der Waals surface area (Å²) in [4.78, 5) is 0.642. The van der Waals surface area contributed by atoms with Gasteiger partial charge in [0, 0.05) is 10.4 Å². The van der Waals surface area contributed by atoms with E-state index in [4.69, 9.17) is 0 Å². The molecule has 0 saturated carbocycles. The molecule has 0 atom stereocenters. The van der Waals surface area contributed by atoms with E-state index in [1.54, 1.807) is 23.6 Å². The molecule has 15 heavy (non-hydrogen) atoms. The lowest BCUT2D eigenvalue weighted by Crippen LogP contribution is -2.06. The Morgan fingerprint density at radius 1 is 0.933 bits per heavy atom. The molecule has 0 aliphatic heterocycles. The van der Waals surface area contributed by atoms with Crippen LogP contribution < -0.4 is 0 Å². The summed E-state index contributed by atoms with van der Waals surface area (Å²) in [6.45, 7) is 0. The molecule has 0 fully saturated rings. The highest BCUT2D eigenvalue weighted by atomic mass is 32.1. The van der Waals surface area contributed by atoms with Gasteiger partial charge in [0.15, 0.2) is 0 Å². The molecule has 0 amide bonds. The van der Waals surface area contributed by atoms with Gasteiger partial charge in [-0.25, -0.2) is 0 Å². The van der Waals surface area contributed by atoms with Crippen LogP contribution in [0, 0.1) is 0 Å². The average Bonchev–Trinajstić information content (AvgIpc) is 2.69. The maximum atomic E-state index is 12.6. The normalized spacial score (nSPS) is 11.7. The van der Waals surface area contributed by atoms with Crippen molar-refractivity contribution in [3.05, 3.63) is 47.3 Å². The minimum atomic E-state index is -4.29. The van der Waals surface area contributed by atoms with Crippen molar-refractivity contribution in [1.29, 1.82) is 0 Å². The molecule has 0 aliphatic rings. The Hall–Kier alpha value is -1.29. The molecule has 2 aromatic rings. The van der Waals surface area contributed by atoms with E-state index in [9.17, 15) is 13.2 Å². The van der Waals surface area contributed by atoms with Crippen molar-refractivity contribution in [3.63, 3.8) is 0 Å². The zero-order valence-corrected chi connectivity index (χ0v) is 8.40. The van der Waals surface area contributed by atoms with Gasteiger partial charge < -0.3 is 0 Å². The van der Waals surface area contributed by atoms with E-state index in [1.807, 2.05) is 0 Å². The molecule has 0 aliphatic carbocycles. The molecule has 4 heteroatoms. The van der Waals surface area contributed by atoms with Crippen LogP contribution in [0.1, 0.15) is 5.56 Å². The number of hydrogen-bond donors (Lipinski definition) is 0. The van der Waals surface area contributed by atoms with Gasteiger partial charge in [-0.3, -0.25) is 0 Å². The highest BCUT2D eigenvalue weighted by molar-refractivity contribution is 7.13. The summed E-state index contributed by atoms with van der Waals surface area (Å²) in [5, 5.41) is 1.77. The first-order valence-corrected chi connectivity index (χ1v) is 5.17. The first kappa shape index (κ1) is 10.2. The third-order valence-corrected chi connectivity index (χ3v) is 2.92. The summed E-state index contributed by atoms with van der Waals surface area (Å²) in [5.74, 6) is 0. The Bertz CT molecular complexity index is 443. The molecule has 1 heterocycles. The zero-order valence-electron chi connectivity index (χ0n) is 7.58. The summed E-state index contributed by atoms with van der Waals surface area (Å²) in [7, 11) is 0. The monoisotopic (exact) mass is 228 g/mol. The van der Waals surface area contributed by atoms with Crippen molar-refractivity contribution >= 4 is 11.3 Å². The number of rotatable bonds is 1. The summed E-state index contributed by atoms with van der Waals surface area (Å²) in [6, 6.07) is 9.05. The molecule has 0 unspecified atom stereocenters. The number of hydrogen-bond acceptors (Lipinski definition) is 1. The molecule has 0 bridgehead atoms. The van der Waals surface area contributed by atoms with Crippen molar-refractivity contribution in [3.8, 4) is 10.4 Å². The van der Waals surface area contributed by atoms with Crippen LogP contribution in [0.3, 0.4) is 0 Å². The van der Waals surface area contributed by atoms with Crippen LogP contribution in [0.4, 0.5) is 13.2 Å². The van der Waals surface area contributed by atoms with Crippen molar-refractivity contribution in [2.45, 2.75) is 6.18 Å². The molecular weight excluding hydrogens is 221 g/mol. The van der Waals surface area contributed by atoms with E-state index in [0.29, 0.717) is 4.88 Å². The highest BCUT2D eigenvalue weighted by Crippen LogP contribution is 2.38. The minimum absolute atomic E-state index is 0.250. The second kappa shape index (κ2) is 3.70. The van der Waals surface area contributed by atoms with Crippen molar-refractivity contribution in [2.24, 2.45) is 0 Å². The summed E-state index contributed by atoms with van der Waals surface area (Å²) < 4.78 is 37.9. The number of halogens is 3. The molecule has 0 spiro atoms. The van der Waals surface area contributed by atoms with Gasteiger partial charge in [-0.15, -0.1) is 11.3 Å². The predicted molar refractivity (Wildman–Crippen MR) is 54.8 cm³/mol. The van der Waals surface area contributed by atoms with E-state index in [0.717, 1.165) is 6.07 Å². The molecule has 0 N–H and O–H groups in total. The van der Waals surface area contributed by atoms with E-state index in [2.05, 4.69) is 0 Å². The molecular formula is C11H7F3S. The Morgan fingerprint density at radius 3 is 2.27 bits per heavy atom. The van der Waals surface area contributed by atoms with Gasteiger partial charge in [0.25, 0.3) is 0 Å². The van der Waals surface area contributed by atoms with E-state index in [1.165, 1.54) is 23.5 Å². The highest BCUT2D eigenvalue weighted by Gasteiger charge is 2.33. The zero-order chi connectivity index (χ0) is 10.9. The minimum Gasteiger partial charge on any atom is -0.166 e. The van der Waals surface area contributed by atoms with E-state index < -0.39 is 11.7 Å². The summed E-state index contributed by atoms with van der Waals surface area (Å²) >= 11 is 1.31. The van der Waals surface area contributed by atoms with Gasteiger partial charge in [0.2, 0.25) is 0 Å². The first-order valence-electron chi connectivity index (χ1n) is 4.29. The molecule has 0 nitrogen and oxygen atoms in total. The summed E-state index contributed by atoms with van der Waals surface area (Å²) in [6.07, 6.45) is -4.29. The topological polar surface area (TPSA) is 0 Å². The van der Waals surface area contributed by atoms with Crippen molar-refractivity contribution in [1.82, 2.24) is 0 Å². The van der Waals surface area contributed by atoms with E-state index >= 15 is 0 Å². The largest absolute Gasteiger partial charge is 0.417 e. The third-order valence-electron chi connectivity index (χ3n) is 2.02. The van der Waals surface area contributed by atoms with Gasteiger partial charge in [-0.05, 0) is 17.5 Å². The SMILES string of the molecule is FC(F)(F)c1ccccc1-c1cccs1. The quantitative estimate of drug-likeness (QED) is 0.677. The first-order chi connectivity index (χ1) is 7.09. The molecule has 0 saturated heterocycles. The van der Waals surface area contributed by atoms with Crippen LogP contribution in [-0.4, -0.2) is 0 Å². The standard InChI is InChI=1S/C11H7F3S/c12-11(13,14)9-5-2-1-4-8(9)10-6-3-7-15-10/h1-7H. The van der Waals surface area contributed by atoms with Gasteiger partial charge >= 0.3 is 6.18 Å². The lowest BCUT2D eigenvalue weighted by atomic mass is 10.1. The molecule has 0 radical (unpaired) electrons. The van der Waals surface area contributed by atoms with Crippen LogP contribution in [0.2, 0.25) is 0 Å². The van der Waals surface area contributed by atoms with Crippen LogP contribution in [0.5, 0.6) is 0 Å². The Labute approximate surface area is 89.0 Å². The summed E-state index contributed by atoms with van der Waals surface area (Å²) in [5.41, 5.74) is -0.326. The fourth-order valence-electron chi connectivity index (χ4n) is 1.38. The van der Waals surface area contributed by atoms with Crippen LogP contribution >= 0.6 is 11.3 Å². The number of alkyl halides is 3. The molecule has 78 valence electrons. The van der Waals surface area contributed by atoms with Crippen LogP contribution in [0.25, 0.3) is 10.4 Å². The molecule has 1 aromatic heterocycles. The molecule has 2 rings (SSSR count). The Balaban J connectivity index is 2.58. The Kier molecular flexibility index (Phi) is 2.52. The van der Waals surface area contributed by atoms with Crippen LogP contribution in [-0.2, 0) is 6.18 Å².